The highest BCUT2D eigenvalue weighted by Gasteiger charge is 2.63. The van der Waals surface area contributed by atoms with E-state index in [1.54, 1.807) is 13.0 Å². The number of fused-ring (bicyclic) bond motifs is 3. The molecule has 3 N–H and O–H groups in total. The van der Waals surface area contributed by atoms with Crippen LogP contribution >= 0.6 is 0 Å². The van der Waals surface area contributed by atoms with Crippen molar-refractivity contribution in [2.24, 2.45) is 5.92 Å². The molecular weight excluding hydrogens is 735 g/mol. The Morgan fingerprint density at radius 2 is 1.80 bits per heavy atom. The van der Waals surface area contributed by atoms with Crippen LogP contribution < -0.4 is 20.1 Å². The molecule has 2 saturated carbocycles. The molecule has 3 aromatic rings. The van der Waals surface area contributed by atoms with E-state index in [9.17, 15) is 36.4 Å². The molecule has 13 nitrogen and oxygen atoms in total. The number of amides is 4. The summed E-state index contributed by atoms with van der Waals surface area (Å²) in [5, 5.41) is 5.51. The van der Waals surface area contributed by atoms with Crippen molar-refractivity contribution in [2.75, 3.05) is 6.54 Å². The first-order valence-corrected chi connectivity index (χ1v) is 20.3. The Kier molecular flexibility index (Phi) is 10.4. The average molecular weight is 779 g/mol. The molecule has 0 spiro atoms. The van der Waals surface area contributed by atoms with Gasteiger partial charge in [-0.15, -0.1) is 0 Å². The van der Waals surface area contributed by atoms with Gasteiger partial charge in [0, 0.05) is 12.3 Å². The zero-order valence-electron chi connectivity index (χ0n) is 30.6. The summed E-state index contributed by atoms with van der Waals surface area (Å²) in [6.07, 6.45) is 6.86. The lowest BCUT2D eigenvalue weighted by Crippen LogP contribution is -2.58. The number of allylic oxidation sites excluding steroid dienone is 1. The first-order valence-electron chi connectivity index (χ1n) is 18.8. The van der Waals surface area contributed by atoms with Gasteiger partial charge in [-0.3, -0.25) is 23.9 Å². The highest BCUT2D eigenvalue weighted by Crippen LogP contribution is 2.47. The second-order valence-electron chi connectivity index (χ2n) is 15.1. The Balaban J connectivity index is 1.21. The van der Waals surface area contributed by atoms with Crippen LogP contribution in [0.2, 0.25) is 0 Å². The van der Waals surface area contributed by atoms with Crippen LogP contribution in [0.25, 0.3) is 11.0 Å². The lowest BCUT2D eigenvalue weighted by atomic mass is 10.0. The molecular formula is C39H44F2N6O7S. The van der Waals surface area contributed by atoms with Crippen molar-refractivity contribution < 1.29 is 41.1 Å². The summed E-state index contributed by atoms with van der Waals surface area (Å²) >= 11 is 0. The molecule has 1 saturated heterocycles. The Morgan fingerprint density at radius 3 is 2.55 bits per heavy atom. The number of nitrogens with zero attached hydrogens (tertiary/aromatic N) is 3. The summed E-state index contributed by atoms with van der Waals surface area (Å²) in [4.78, 5) is 66.3. The molecule has 4 amide bonds. The largest absolute Gasteiger partial charge is 0.471 e. The smallest absolute Gasteiger partial charge is 0.259 e. The molecule has 3 heterocycles. The highest BCUT2D eigenvalue weighted by atomic mass is 32.2. The van der Waals surface area contributed by atoms with E-state index in [0.717, 1.165) is 12.5 Å². The number of para-hydroxylation sites is 1. The van der Waals surface area contributed by atoms with Crippen LogP contribution in [0.4, 0.5) is 8.78 Å². The van der Waals surface area contributed by atoms with Gasteiger partial charge in [0.1, 0.15) is 40.8 Å². The summed E-state index contributed by atoms with van der Waals surface area (Å²) in [6.45, 7) is 3.23. The fourth-order valence-electron chi connectivity index (χ4n) is 7.37. The Morgan fingerprint density at radius 1 is 1.04 bits per heavy atom. The number of hydrogen-bond donors (Lipinski definition) is 3. The first kappa shape index (κ1) is 38.3. The molecule has 3 fully saturated rings. The third-order valence-corrected chi connectivity index (χ3v) is 13.4. The maximum Gasteiger partial charge on any atom is 0.259 e. The molecule has 4 aliphatic rings. The maximum absolute atomic E-state index is 14.8. The minimum absolute atomic E-state index is 0.0110. The van der Waals surface area contributed by atoms with Gasteiger partial charge in [-0.05, 0) is 76.1 Å². The lowest BCUT2D eigenvalue weighted by molar-refractivity contribution is -0.141. The molecule has 5 atom stereocenters. The fourth-order valence-corrected chi connectivity index (χ4v) is 8.69. The summed E-state index contributed by atoms with van der Waals surface area (Å²) in [6, 6.07) is 7.41. The second kappa shape index (κ2) is 14.9. The quantitative estimate of drug-likeness (QED) is 0.285. The van der Waals surface area contributed by atoms with Gasteiger partial charge in [0.15, 0.2) is 5.82 Å². The minimum Gasteiger partial charge on any atom is -0.471 e. The number of halogens is 2. The number of aromatic nitrogens is 2. The number of aryl methyl sites for hydroxylation is 1. The molecule has 0 bridgehead atoms. The number of ether oxygens (including phenoxy) is 1. The number of carbonyl (C=O) groups excluding carboxylic acids is 4. The molecule has 16 heteroatoms. The lowest BCUT2D eigenvalue weighted by Gasteiger charge is -2.30. The average Bonchev–Trinajstić information content (AvgIpc) is 4.03. The highest BCUT2D eigenvalue weighted by molar-refractivity contribution is 7.91. The topological polar surface area (TPSA) is 177 Å². The zero-order chi connectivity index (χ0) is 39.1. The summed E-state index contributed by atoms with van der Waals surface area (Å²) in [5.41, 5.74) is -1.08. The van der Waals surface area contributed by atoms with Crippen LogP contribution in [-0.2, 0) is 30.8 Å². The number of rotatable bonds is 8. The van der Waals surface area contributed by atoms with Gasteiger partial charge in [-0.25, -0.2) is 27.2 Å². The van der Waals surface area contributed by atoms with Crippen molar-refractivity contribution >= 4 is 44.7 Å². The molecule has 7 rings (SSSR count). The van der Waals surface area contributed by atoms with Crippen LogP contribution in [0.15, 0.2) is 54.6 Å². The molecule has 0 radical (unpaired) electrons. The third-order valence-electron chi connectivity index (χ3n) is 11.2. The van der Waals surface area contributed by atoms with Crippen molar-refractivity contribution in [1.29, 1.82) is 0 Å². The number of benzene rings is 2. The summed E-state index contributed by atoms with van der Waals surface area (Å²) in [5.74, 6) is -4.82. The standard InChI is InChI=1S/C39H44F2N6O7S/c1-3-28-35(44-32-27(41)15-11-17-29(32)42-28)54-24-20-31-34(49)45-39(37(51)46-55(52,53)38(2)18-19-38)21-23(39)12-7-5-4-6-8-16-30(36(50)47(31)22-24)43-33(48)25-13-9-10-14-26(25)40/h7,9-15,17,23-24,30-31H,3-6,8,16,18-22H2,1-2H3,(H,43,48)(H,45,49)(H,46,51)/b12-7-/t23-,24-,30+,31+,39-/m1/s1. The molecule has 292 valence electrons. The summed E-state index contributed by atoms with van der Waals surface area (Å²) in [7, 11) is -4.04. The maximum atomic E-state index is 14.8. The predicted octanol–water partition coefficient (Wildman–Crippen LogP) is 4.01. The van der Waals surface area contributed by atoms with Gasteiger partial charge >= 0.3 is 0 Å². The molecule has 2 aliphatic heterocycles. The van der Waals surface area contributed by atoms with E-state index in [1.165, 1.54) is 35.2 Å². The van der Waals surface area contributed by atoms with Crippen molar-refractivity contribution in [3.8, 4) is 5.88 Å². The van der Waals surface area contributed by atoms with E-state index in [1.807, 2.05) is 19.1 Å². The van der Waals surface area contributed by atoms with Gasteiger partial charge in [0.2, 0.25) is 27.7 Å². The van der Waals surface area contributed by atoms with Gasteiger partial charge in [-0.1, -0.05) is 50.1 Å². The monoisotopic (exact) mass is 778 g/mol. The normalized spacial score (nSPS) is 27.1. The molecule has 2 aromatic carbocycles. The summed E-state index contributed by atoms with van der Waals surface area (Å²) < 4.78 is 63.2. The molecule has 2 aliphatic carbocycles. The van der Waals surface area contributed by atoms with Crippen LogP contribution in [0.3, 0.4) is 0 Å². The Bertz CT molecular complexity index is 2180. The number of nitrogens with one attached hydrogen (secondary N) is 3. The first-order chi connectivity index (χ1) is 26.2. The fraction of sp³-hybridized carbons (Fsp3) is 0.487. The van der Waals surface area contributed by atoms with Gasteiger partial charge in [0.25, 0.3) is 11.8 Å². The van der Waals surface area contributed by atoms with E-state index >= 15 is 0 Å². The number of carbonyl (C=O) groups is 4. The van der Waals surface area contributed by atoms with E-state index in [-0.39, 0.29) is 42.8 Å². The van der Waals surface area contributed by atoms with Crippen molar-refractivity contribution in [3.63, 3.8) is 0 Å². The Labute approximate surface area is 317 Å². The van der Waals surface area contributed by atoms with Crippen molar-refractivity contribution in [1.82, 2.24) is 30.2 Å². The van der Waals surface area contributed by atoms with E-state index < -0.39 is 79.7 Å². The molecule has 0 unspecified atom stereocenters. The van der Waals surface area contributed by atoms with Gasteiger partial charge < -0.3 is 20.3 Å². The van der Waals surface area contributed by atoms with Crippen LogP contribution in [0.5, 0.6) is 5.88 Å². The van der Waals surface area contributed by atoms with Crippen molar-refractivity contribution in [3.05, 3.63) is 77.5 Å². The Hall–Kier alpha value is -4.99. The molecule has 55 heavy (non-hydrogen) atoms. The van der Waals surface area contributed by atoms with E-state index in [4.69, 9.17) is 4.74 Å². The zero-order valence-corrected chi connectivity index (χ0v) is 31.5. The van der Waals surface area contributed by atoms with E-state index in [2.05, 4.69) is 25.3 Å². The van der Waals surface area contributed by atoms with Crippen LogP contribution in [0.1, 0.15) is 87.7 Å². The van der Waals surface area contributed by atoms with E-state index in [0.29, 0.717) is 49.7 Å². The molecule has 1 aromatic heterocycles. The van der Waals surface area contributed by atoms with Gasteiger partial charge in [-0.2, -0.15) is 0 Å². The van der Waals surface area contributed by atoms with Crippen LogP contribution in [-0.4, -0.2) is 81.9 Å². The third kappa shape index (κ3) is 7.65. The predicted molar refractivity (Wildman–Crippen MR) is 197 cm³/mol. The minimum atomic E-state index is -4.04. The SMILES string of the molecule is CCc1nc2cccc(F)c2nc1O[C@@H]1C[C@H]2C(=O)N[C@]3(C(=O)NS(=O)(=O)C4(C)CC4)C[C@H]3/C=C\CCCCC[C@H](NC(=O)c3ccccc3F)C(=O)N2C1. The van der Waals surface area contributed by atoms with Gasteiger partial charge in [0.05, 0.1) is 22.4 Å². The number of hydrogen-bond acceptors (Lipinski definition) is 9. The van der Waals surface area contributed by atoms with Crippen molar-refractivity contribution in [2.45, 2.75) is 107 Å². The second-order valence-corrected chi connectivity index (χ2v) is 17.3. The van der Waals surface area contributed by atoms with Crippen LogP contribution in [0, 0.1) is 17.6 Å². The number of sulfonamides is 1.